The summed E-state index contributed by atoms with van der Waals surface area (Å²) in [5, 5.41) is 3.00. The summed E-state index contributed by atoms with van der Waals surface area (Å²) in [7, 11) is 3.24. The smallest absolute Gasteiger partial charge is 0.240 e. The number of aromatic nitrogens is 2. The Kier molecular flexibility index (Phi) is 6.17. The molecular formula is C25H25N3O3. The minimum Gasteiger partial charge on any atom is -0.493 e. The second kappa shape index (κ2) is 9.34. The predicted molar refractivity (Wildman–Crippen MR) is 120 cm³/mol. The van der Waals surface area contributed by atoms with Crippen LogP contribution < -0.4 is 14.8 Å². The number of hydrogen-bond donors (Lipinski definition) is 1. The number of carbonyl (C=O) groups is 1. The SMILES string of the molecule is COc1ccc(Cc2nc3ccccc3n2CC(=O)NCc2ccccc2)cc1OC. The highest BCUT2D eigenvalue weighted by Gasteiger charge is 2.15. The summed E-state index contributed by atoms with van der Waals surface area (Å²) in [5.41, 5.74) is 3.90. The van der Waals surface area contributed by atoms with Crippen molar-refractivity contribution in [3.8, 4) is 11.5 Å². The maximum Gasteiger partial charge on any atom is 0.240 e. The van der Waals surface area contributed by atoms with Crippen molar-refractivity contribution in [2.24, 2.45) is 0 Å². The van der Waals surface area contributed by atoms with Crippen molar-refractivity contribution in [3.05, 3.63) is 89.7 Å². The number of carbonyl (C=O) groups excluding carboxylic acids is 1. The topological polar surface area (TPSA) is 65.4 Å². The molecule has 0 aliphatic carbocycles. The number of nitrogens with zero attached hydrogens (tertiary/aromatic N) is 2. The van der Waals surface area contributed by atoms with Gasteiger partial charge in [0, 0.05) is 13.0 Å². The van der Waals surface area contributed by atoms with Crippen molar-refractivity contribution in [2.45, 2.75) is 19.5 Å². The van der Waals surface area contributed by atoms with E-state index in [2.05, 4.69) is 5.32 Å². The highest BCUT2D eigenvalue weighted by atomic mass is 16.5. The molecule has 4 rings (SSSR count). The standard InChI is InChI=1S/C25H25N3O3/c1-30-22-13-12-19(14-23(22)31-2)15-24-27-20-10-6-7-11-21(20)28(24)17-25(29)26-16-18-8-4-3-5-9-18/h3-14H,15-17H2,1-2H3,(H,26,29). The first-order valence-electron chi connectivity index (χ1n) is 10.1. The number of rotatable bonds is 8. The number of fused-ring (bicyclic) bond motifs is 1. The van der Waals surface area contributed by atoms with Crippen LogP contribution in [0.4, 0.5) is 0 Å². The molecule has 0 saturated carbocycles. The molecule has 1 N–H and O–H groups in total. The van der Waals surface area contributed by atoms with Crippen LogP contribution in [0.5, 0.6) is 11.5 Å². The van der Waals surface area contributed by atoms with Crippen LogP contribution in [0.1, 0.15) is 17.0 Å². The largest absolute Gasteiger partial charge is 0.493 e. The maximum absolute atomic E-state index is 12.7. The number of hydrogen-bond acceptors (Lipinski definition) is 4. The van der Waals surface area contributed by atoms with Crippen molar-refractivity contribution in [2.75, 3.05) is 14.2 Å². The highest BCUT2D eigenvalue weighted by molar-refractivity contribution is 5.81. The highest BCUT2D eigenvalue weighted by Crippen LogP contribution is 2.29. The summed E-state index contributed by atoms with van der Waals surface area (Å²) < 4.78 is 12.7. The second-order valence-corrected chi connectivity index (χ2v) is 7.23. The summed E-state index contributed by atoms with van der Waals surface area (Å²) in [6.45, 7) is 0.702. The average molecular weight is 415 g/mol. The van der Waals surface area contributed by atoms with Gasteiger partial charge < -0.3 is 19.4 Å². The van der Waals surface area contributed by atoms with Gasteiger partial charge in [0.05, 0.1) is 25.3 Å². The van der Waals surface area contributed by atoms with Crippen LogP contribution in [0.15, 0.2) is 72.8 Å². The summed E-state index contributed by atoms with van der Waals surface area (Å²) in [4.78, 5) is 17.5. The zero-order chi connectivity index (χ0) is 21.6. The number of nitrogens with one attached hydrogen (secondary N) is 1. The fourth-order valence-electron chi connectivity index (χ4n) is 3.61. The molecule has 158 valence electrons. The van der Waals surface area contributed by atoms with Crippen LogP contribution in [0.3, 0.4) is 0 Å². The van der Waals surface area contributed by atoms with E-state index in [4.69, 9.17) is 14.5 Å². The lowest BCUT2D eigenvalue weighted by Crippen LogP contribution is -2.27. The van der Waals surface area contributed by atoms with Crippen LogP contribution in [-0.2, 0) is 24.3 Å². The Morgan fingerprint density at radius 1 is 0.903 bits per heavy atom. The Bertz CT molecular complexity index is 1190. The summed E-state index contributed by atoms with van der Waals surface area (Å²) >= 11 is 0. The van der Waals surface area contributed by atoms with Gasteiger partial charge in [0.15, 0.2) is 11.5 Å². The van der Waals surface area contributed by atoms with E-state index in [9.17, 15) is 4.79 Å². The van der Waals surface area contributed by atoms with Gasteiger partial charge in [0.2, 0.25) is 5.91 Å². The monoisotopic (exact) mass is 415 g/mol. The van der Waals surface area contributed by atoms with Crippen LogP contribution in [-0.4, -0.2) is 29.7 Å². The first-order valence-corrected chi connectivity index (χ1v) is 10.1. The van der Waals surface area contributed by atoms with E-state index >= 15 is 0 Å². The van der Waals surface area contributed by atoms with Gasteiger partial charge in [-0.25, -0.2) is 4.98 Å². The molecule has 31 heavy (non-hydrogen) atoms. The van der Waals surface area contributed by atoms with E-state index in [0.717, 1.165) is 28.0 Å². The molecule has 4 aromatic rings. The average Bonchev–Trinajstić information content (AvgIpc) is 3.15. The minimum absolute atomic E-state index is 0.0550. The first-order chi connectivity index (χ1) is 15.2. The number of imidazole rings is 1. The zero-order valence-electron chi connectivity index (χ0n) is 17.7. The van der Waals surface area contributed by atoms with E-state index in [0.29, 0.717) is 24.5 Å². The molecule has 3 aromatic carbocycles. The fourth-order valence-corrected chi connectivity index (χ4v) is 3.61. The molecule has 1 amide bonds. The summed E-state index contributed by atoms with van der Waals surface area (Å²) in [6.07, 6.45) is 0.570. The lowest BCUT2D eigenvalue weighted by molar-refractivity contribution is -0.121. The minimum atomic E-state index is -0.0550. The quantitative estimate of drug-likeness (QED) is 0.473. The van der Waals surface area contributed by atoms with Crippen LogP contribution in [0, 0.1) is 0 Å². The molecule has 0 spiro atoms. The summed E-state index contributed by atoms with van der Waals surface area (Å²) in [5.74, 6) is 2.12. The second-order valence-electron chi connectivity index (χ2n) is 7.23. The molecule has 0 atom stereocenters. The molecule has 0 bridgehead atoms. The van der Waals surface area contributed by atoms with Gasteiger partial charge in [-0.2, -0.15) is 0 Å². The van der Waals surface area contributed by atoms with Crippen molar-refractivity contribution < 1.29 is 14.3 Å². The first kappa shape index (κ1) is 20.5. The number of methoxy groups -OCH3 is 2. The van der Waals surface area contributed by atoms with Crippen molar-refractivity contribution in [1.82, 2.24) is 14.9 Å². The predicted octanol–water partition coefficient (Wildman–Crippen LogP) is 3.96. The summed E-state index contributed by atoms with van der Waals surface area (Å²) in [6, 6.07) is 23.6. The number of para-hydroxylation sites is 2. The molecule has 0 unspecified atom stereocenters. The lowest BCUT2D eigenvalue weighted by atomic mass is 10.1. The Hall–Kier alpha value is -3.80. The molecular weight excluding hydrogens is 390 g/mol. The number of benzene rings is 3. The maximum atomic E-state index is 12.7. The number of ether oxygens (including phenoxy) is 2. The Labute approximate surface area is 181 Å². The van der Waals surface area contributed by atoms with Crippen LogP contribution >= 0.6 is 0 Å². The number of amides is 1. The molecule has 0 fully saturated rings. The van der Waals surface area contributed by atoms with Crippen LogP contribution in [0.25, 0.3) is 11.0 Å². The third-order valence-corrected chi connectivity index (χ3v) is 5.18. The molecule has 1 heterocycles. The lowest BCUT2D eigenvalue weighted by Gasteiger charge is -2.12. The van der Waals surface area contributed by atoms with E-state index < -0.39 is 0 Å². The van der Waals surface area contributed by atoms with Gasteiger partial charge in [-0.1, -0.05) is 48.5 Å². The Morgan fingerprint density at radius 2 is 1.65 bits per heavy atom. The Balaban J connectivity index is 1.58. The fraction of sp³-hybridized carbons (Fsp3) is 0.200. The van der Waals surface area contributed by atoms with Gasteiger partial charge in [-0.15, -0.1) is 0 Å². The third-order valence-electron chi connectivity index (χ3n) is 5.18. The van der Waals surface area contributed by atoms with Gasteiger partial charge in [-0.3, -0.25) is 4.79 Å². The van der Waals surface area contributed by atoms with E-state index in [1.807, 2.05) is 77.4 Å². The molecule has 0 aliphatic heterocycles. The van der Waals surface area contributed by atoms with Crippen LogP contribution in [0.2, 0.25) is 0 Å². The molecule has 0 aliphatic rings. The molecule has 0 saturated heterocycles. The van der Waals surface area contributed by atoms with Gasteiger partial charge >= 0.3 is 0 Å². The normalized spacial score (nSPS) is 10.8. The molecule has 6 nitrogen and oxygen atoms in total. The van der Waals surface area contributed by atoms with Crippen molar-refractivity contribution in [1.29, 1.82) is 0 Å². The van der Waals surface area contributed by atoms with E-state index in [-0.39, 0.29) is 12.5 Å². The van der Waals surface area contributed by atoms with Gasteiger partial charge in [0.25, 0.3) is 0 Å². The van der Waals surface area contributed by atoms with Gasteiger partial charge in [-0.05, 0) is 35.4 Å². The zero-order valence-corrected chi connectivity index (χ0v) is 17.7. The van der Waals surface area contributed by atoms with Gasteiger partial charge in [0.1, 0.15) is 12.4 Å². The molecule has 1 aromatic heterocycles. The van der Waals surface area contributed by atoms with E-state index in [1.54, 1.807) is 14.2 Å². The van der Waals surface area contributed by atoms with Crippen molar-refractivity contribution in [3.63, 3.8) is 0 Å². The molecule has 6 heteroatoms. The van der Waals surface area contributed by atoms with E-state index in [1.165, 1.54) is 0 Å². The third kappa shape index (κ3) is 4.69. The molecule has 0 radical (unpaired) electrons. The Morgan fingerprint density at radius 3 is 2.42 bits per heavy atom. The van der Waals surface area contributed by atoms with Crippen molar-refractivity contribution >= 4 is 16.9 Å².